The van der Waals surface area contributed by atoms with Crippen LogP contribution >= 0.6 is 27.5 Å². The predicted molar refractivity (Wildman–Crippen MR) is 83.8 cm³/mol. The van der Waals surface area contributed by atoms with Crippen LogP contribution in [0.2, 0.25) is 5.02 Å². The van der Waals surface area contributed by atoms with Crippen molar-refractivity contribution >= 4 is 45.1 Å². The Kier molecular flexibility index (Phi) is 6.94. The molecule has 116 valence electrons. The van der Waals surface area contributed by atoms with Crippen LogP contribution in [0.3, 0.4) is 0 Å². The van der Waals surface area contributed by atoms with E-state index in [1.807, 2.05) is 6.92 Å². The van der Waals surface area contributed by atoms with Gasteiger partial charge in [0.25, 0.3) is 0 Å². The smallest absolute Gasteiger partial charge is 0.303 e. The van der Waals surface area contributed by atoms with Crippen LogP contribution in [0.25, 0.3) is 0 Å². The molecule has 0 aromatic heterocycles. The van der Waals surface area contributed by atoms with Gasteiger partial charge in [0.1, 0.15) is 0 Å². The van der Waals surface area contributed by atoms with E-state index in [4.69, 9.17) is 27.2 Å². The van der Waals surface area contributed by atoms with Crippen molar-refractivity contribution in [1.82, 2.24) is 0 Å². The van der Waals surface area contributed by atoms with E-state index in [-0.39, 0.29) is 12.8 Å². The molecule has 0 fully saturated rings. The topological polar surface area (TPSA) is 102 Å². The minimum absolute atomic E-state index is 0.0485. The van der Waals surface area contributed by atoms with E-state index in [9.17, 15) is 9.59 Å². The highest BCUT2D eigenvalue weighted by Crippen LogP contribution is 2.36. The number of hydrogen-bond donors (Lipinski definition) is 3. The van der Waals surface area contributed by atoms with Gasteiger partial charge in [-0.15, -0.1) is 0 Å². The number of amides is 1. The molecule has 0 bridgehead atoms. The number of carboxylic acids is 1. The molecule has 0 aliphatic heterocycles. The van der Waals surface area contributed by atoms with Crippen LogP contribution < -0.4 is 15.8 Å². The number of hydrogen-bond acceptors (Lipinski definition) is 4. The third kappa shape index (κ3) is 5.53. The van der Waals surface area contributed by atoms with Gasteiger partial charge in [0.2, 0.25) is 5.91 Å². The van der Waals surface area contributed by atoms with E-state index in [1.54, 1.807) is 12.1 Å². The summed E-state index contributed by atoms with van der Waals surface area (Å²) < 4.78 is 6.05. The number of halogens is 2. The number of benzene rings is 1. The van der Waals surface area contributed by atoms with Crippen LogP contribution in [0.5, 0.6) is 5.75 Å². The molecule has 0 heterocycles. The molecule has 0 aliphatic carbocycles. The van der Waals surface area contributed by atoms with Gasteiger partial charge in [-0.05, 0) is 41.4 Å². The molecule has 0 aliphatic rings. The maximum atomic E-state index is 12.0. The van der Waals surface area contributed by atoms with Crippen LogP contribution in [-0.4, -0.2) is 29.6 Å². The zero-order valence-electron chi connectivity index (χ0n) is 11.4. The molecule has 1 aromatic carbocycles. The van der Waals surface area contributed by atoms with Gasteiger partial charge >= 0.3 is 5.97 Å². The molecular weight excluding hydrogens is 364 g/mol. The van der Waals surface area contributed by atoms with Crippen molar-refractivity contribution in [3.05, 3.63) is 21.6 Å². The van der Waals surface area contributed by atoms with Crippen molar-refractivity contribution in [3.63, 3.8) is 0 Å². The third-order valence-corrected chi connectivity index (χ3v) is 3.37. The van der Waals surface area contributed by atoms with Crippen LogP contribution in [0, 0.1) is 0 Å². The van der Waals surface area contributed by atoms with Crippen LogP contribution in [-0.2, 0) is 9.59 Å². The van der Waals surface area contributed by atoms with Crippen molar-refractivity contribution < 1.29 is 19.4 Å². The molecule has 8 heteroatoms. The Labute approximate surface area is 135 Å². The van der Waals surface area contributed by atoms with E-state index in [1.165, 1.54) is 0 Å². The zero-order chi connectivity index (χ0) is 16.0. The standard InChI is InChI=1S/C13H16BrClN2O4/c1-2-21-12-8(14)5-7(15)6-10(12)17-13(20)9(16)3-4-11(18)19/h5-6,9H,2-4,16H2,1H3,(H,17,20)(H,18,19). The Balaban J connectivity index is 2.86. The molecular formula is C13H16BrClN2O4. The highest BCUT2D eigenvalue weighted by atomic mass is 79.9. The molecule has 1 unspecified atom stereocenters. The Bertz CT molecular complexity index is 539. The number of carboxylic acid groups (broad SMARTS) is 1. The summed E-state index contributed by atoms with van der Waals surface area (Å²) >= 11 is 9.25. The summed E-state index contributed by atoms with van der Waals surface area (Å²) in [6.45, 7) is 2.22. The SMILES string of the molecule is CCOc1c(Br)cc(Cl)cc1NC(=O)C(N)CCC(=O)O. The first-order valence-electron chi connectivity index (χ1n) is 6.25. The van der Waals surface area contributed by atoms with Crippen molar-refractivity contribution in [2.75, 3.05) is 11.9 Å². The quantitative estimate of drug-likeness (QED) is 0.676. The Morgan fingerprint density at radius 3 is 2.76 bits per heavy atom. The summed E-state index contributed by atoms with van der Waals surface area (Å²) in [6.07, 6.45) is -0.126. The number of ether oxygens (including phenoxy) is 1. The van der Waals surface area contributed by atoms with Gasteiger partial charge in [-0.25, -0.2) is 0 Å². The number of aliphatic carboxylic acids is 1. The molecule has 1 atom stereocenters. The van der Waals surface area contributed by atoms with Gasteiger partial charge < -0.3 is 20.9 Å². The second-order valence-corrected chi connectivity index (χ2v) is 5.52. The zero-order valence-corrected chi connectivity index (χ0v) is 13.7. The fourth-order valence-electron chi connectivity index (χ4n) is 1.58. The summed E-state index contributed by atoms with van der Waals surface area (Å²) in [7, 11) is 0. The molecule has 1 amide bonds. The minimum atomic E-state index is -1.00. The second-order valence-electron chi connectivity index (χ2n) is 4.23. The van der Waals surface area contributed by atoms with Gasteiger partial charge in [-0.3, -0.25) is 9.59 Å². The number of rotatable bonds is 7. The molecule has 6 nitrogen and oxygen atoms in total. The van der Waals surface area contributed by atoms with Gasteiger partial charge in [0, 0.05) is 11.4 Å². The van der Waals surface area contributed by atoms with E-state index in [0.717, 1.165) is 0 Å². The van der Waals surface area contributed by atoms with Gasteiger partial charge in [-0.1, -0.05) is 11.6 Å². The van der Waals surface area contributed by atoms with E-state index >= 15 is 0 Å². The molecule has 1 aromatic rings. The van der Waals surface area contributed by atoms with Gasteiger partial charge in [0.05, 0.1) is 22.8 Å². The number of carbonyl (C=O) groups is 2. The van der Waals surface area contributed by atoms with Crippen molar-refractivity contribution in [2.45, 2.75) is 25.8 Å². The Morgan fingerprint density at radius 2 is 2.19 bits per heavy atom. The first-order chi connectivity index (χ1) is 9.85. The van der Waals surface area contributed by atoms with Crippen LogP contribution in [0.4, 0.5) is 5.69 Å². The third-order valence-electron chi connectivity index (χ3n) is 2.56. The first-order valence-corrected chi connectivity index (χ1v) is 7.42. The lowest BCUT2D eigenvalue weighted by molar-refractivity contribution is -0.137. The lowest BCUT2D eigenvalue weighted by Gasteiger charge is -2.16. The Morgan fingerprint density at radius 1 is 1.52 bits per heavy atom. The maximum absolute atomic E-state index is 12.0. The van der Waals surface area contributed by atoms with E-state index in [2.05, 4.69) is 21.2 Å². The van der Waals surface area contributed by atoms with E-state index in [0.29, 0.717) is 27.5 Å². The lowest BCUT2D eigenvalue weighted by Crippen LogP contribution is -2.36. The number of carbonyl (C=O) groups excluding carboxylic acids is 1. The van der Waals surface area contributed by atoms with Crippen LogP contribution in [0.1, 0.15) is 19.8 Å². The molecule has 4 N–H and O–H groups in total. The number of nitrogens with one attached hydrogen (secondary N) is 1. The molecule has 0 radical (unpaired) electrons. The number of nitrogens with two attached hydrogens (primary N) is 1. The predicted octanol–water partition coefficient (Wildman–Crippen LogP) is 2.63. The highest BCUT2D eigenvalue weighted by molar-refractivity contribution is 9.10. The second kappa shape index (κ2) is 8.21. The molecule has 1 rings (SSSR count). The number of anilines is 1. The summed E-state index contributed by atoms with van der Waals surface area (Å²) in [5.41, 5.74) is 6.03. The average molecular weight is 380 g/mol. The minimum Gasteiger partial charge on any atom is -0.491 e. The van der Waals surface area contributed by atoms with Crippen molar-refractivity contribution in [1.29, 1.82) is 0 Å². The summed E-state index contributed by atoms with van der Waals surface area (Å²) in [6, 6.07) is 2.26. The summed E-state index contributed by atoms with van der Waals surface area (Å²) in [5, 5.41) is 11.6. The fraction of sp³-hybridized carbons (Fsp3) is 0.385. The fourth-order valence-corrected chi connectivity index (χ4v) is 2.50. The van der Waals surface area contributed by atoms with Crippen molar-refractivity contribution in [3.8, 4) is 5.75 Å². The maximum Gasteiger partial charge on any atom is 0.303 e. The highest BCUT2D eigenvalue weighted by Gasteiger charge is 2.18. The van der Waals surface area contributed by atoms with E-state index < -0.39 is 17.9 Å². The van der Waals surface area contributed by atoms with Gasteiger partial charge in [0.15, 0.2) is 5.75 Å². The van der Waals surface area contributed by atoms with Gasteiger partial charge in [-0.2, -0.15) is 0 Å². The molecule has 21 heavy (non-hydrogen) atoms. The van der Waals surface area contributed by atoms with Crippen molar-refractivity contribution in [2.24, 2.45) is 5.73 Å². The summed E-state index contributed by atoms with van der Waals surface area (Å²) in [5.74, 6) is -1.05. The summed E-state index contributed by atoms with van der Waals surface area (Å²) in [4.78, 5) is 22.4. The molecule has 0 spiro atoms. The average Bonchev–Trinajstić information content (AvgIpc) is 2.39. The lowest BCUT2D eigenvalue weighted by atomic mass is 10.1. The monoisotopic (exact) mass is 378 g/mol. The molecule has 0 saturated carbocycles. The largest absolute Gasteiger partial charge is 0.491 e. The first kappa shape index (κ1) is 17.7. The Hall–Kier alpha value is -1.31. The van der Waals surface area contributed by atoms with Crippen LogP contribution in [0.15, 0.2) is 16.6 Å². The normalized spacial score (nSPS) is 11.8. The molecule has 0 saturated heterocycles.